The number of nitrogen functional groups attached to an aromatic ring is 2. The highest BCUT2D eigenvalue weighted by Crippen LogP contribution is 2.32. The zero-order chi connectivity index (χ0) is 48.7. The minimum Gasteiger partial charge on any atom is -0.478 e. The Bertz CT molecular complexity index is 1910. The van der Waals surface area contributed by atoms with Crippen molar-refractivity contribution in [1.82, 2.24) is 20.6 Å². The number of pyridine rings is 2. The van der Waals surface area contributed by atoms with Crippen LogP contribution in [0.2, 0.25) is 20.1 Å². The number of hydrogen-bond acceptors (Lipinski definition) is 14. The normalized spacial score (nSPS) is 11.7. The summed E-state index contributed by atoms with van der Waals surface area (Å²) in [5.74, 6) is -2.87. The van der Waals surface area contributed by atoms with Gasteiger partial charge in [-0.15, -0.1) is 0 Å². The molecule has 2 heterocycles. The second-order valence-electron chi connectivity index (χ2n) is 14.5. The summed E-state index contributed by atoms with van der Waals surface area (Å²) in [6.07, 6.45) is 10.3. The number of carbonyl (C=O) groups is 4. The van der Waals surface area contributed by atoms with Crippen molar-refractivity contribution < 1.29 is 49.1 Å². The number of carboxylic acid groups (broad SMARTS) is 2. The summed E-state index contributed by atoms with van der Waals surface area (Å²) in [5.41, 5.74) is 15.1. The van der Waals surface area contributed by atoms with E-state index in [4.69, 9.17) is 77.6 Å². The fourth-order valence-corrected chi connectivity index (χ4v) is 6.62. The number of carboxylic acids is 2. The molecule has 0 fully saturated rings. The van der Waals surface area contributed by atoms with Gasteiger partial charge in [-0.25, -0.2) is 9.59 Å². The first kappa shape index (κ1) is 57.1. The van der Waals surface area contributed by atoms with Crippen LogP contribution in [-0.2, 0) is 41.5 Å². The van der Waals surface area contributed by atoms with Gasteiger partial charge in [-0.1, -0.05) is 71.4 Å². The molecule has 0 amide bonds. The fourth-order valence-electron chi connectivity index (χ4n) is 5.62. The van der Waals surface area contributed by atoms with Gasteiger partial charge in [0, 0.05) is 74.7 Å². The van der Waals surface area contributed by atoms with Gasteiger partial charge in [-0.3, -0.25) is 19.6 Å². The molecule has 16 nitrogen and oxygen atoms in total. The lowest BCUT2D eigenvalue weighted by atomic mass is 10.1. The number of esters is 2. The molecule has 0 bridgehead atoms. The minimum atomic E-state index is -1.26. The zero-order valence-corrected chi connectivity index (χ0v) is 39.4. The van der Waals surface area contributed by atoms with E-state index >= 15 is 0 Å². The van der Waals surface area contributed by atoms with Crippen LogP contribution in [0.1, 0.15) is 86.1 Å². The van der Waals surface area contributed by atoms with Crippen LogP contribution in [0.25, 0.3) is 0 Å². The number of nitrogens with one attached hydrogen (secondary N) is 2. The Labute approximate surface area is 404 Å². The van der Waals surface area contributed by atoms with Gasteiger partial charge < -0.3 is 52.0 Å². The van der Waals surface area contributed by atoms with Crippen LogP contribution in [0, 0.1) is 0 Å². The minimum absolute atomic E-state index is 0.179. The largest absolute Gasteiger partial charge is 0.478 e. The van der Waals surface area contributed by atoms with Crippen LogP contribution in [0.5, 0.6) is 0 Å². The number of halogens is 4. The van der Waals surface area contributed by atoms with Gasteiger partial charge in [0.05, 0.1) is 56.9 Å². The van der Waals surface area contributed by atoms with E-state index in [1.165, 1.54) is 0 Å². The SMILES string of the molecule is Nc1c(Cl)cc(C(O)CNCCCCCC(=O)OCCc2ccccn2)cc1Cl.Nc1c(Cl)cc(C(O)CNCCCCCC(=O)OCCc2ccccn2)cc1Cl.O=C(O)/C=C/C(=O)O. The number of aliphatic hydroxyl groups is 2. The zero-order valence-electron chi connectivity index (χ0n) is 36.4. The molecule has 66 heavy (non-hydrogen) atoms. The second kappa shape index (κ2) is 33.4. The molecule has 360 valence electrons. The number of unbranched alkanes of at least 4 members (excludes halogenated alkanes) is 4. The number of nitrogens with two attached hydrogens (primary N) is 2. The lowest BCUT2D eigenvalue weighted by Gasteiger charge is -2.14. The number of benzene rings is 2. The van der Waals surface area contributed by atoms with E-state index < -0.39 is 24.1 Å². The Hall–Kier alpha value is -5.04. The fraction of sp³-hybridized carbons (Fsp3) is 0.391. The van der Waals surface area contributed by atoms with Crippen molar-refractivity contribution in [2.24, 2.45) is 0 Å². The molecule has 0 aliphatic heterocycles. The maximum atomic E-state index is 11.7. The van der Waals surface area contributed by atoms with Crippen LogP contribution in [0.3, 0.4) is 0 Å². The number of hydrogen-bond donors (Lipinski definition) is 8. The van der Waals surface area contributed by atoms with E-state index in [9.17, 15) is 29.4 Å². The van der Waals surface area contributed by atoms with Crippen LogP contribution in [0.15, 0.2) is 85.2 Å². The first-order valence-corrected chi connectivity index (χ1v) is 22.6. The molecule has 0 saturated carbocycles. The molecule has 20 heteroatoms. The molecule has 0 spiro atoms. The maximum Gasteiger partial charge on any atom is 0.328 e. The van der Waals surface area contributed by atoms with E-state index in [2.05, 4.69) is 20.6 Å². The molecule has 0 radical (unpaired) electrons. The molecule has 0 saturated heterocycles. The lowest BCUT2D eigenvalue weighted by molar-refractivity contribution is -0.144. The van der Waals surface area contributed by atoms with Gasteiger partial charge in [0.25, 0.3) is 0 Å². The number of aromatic nitrogens is 2. The van der Waals surface area contributed by atoms with Crippen LogP contribution in [0.4, 0.5) is 11.4 Å². The monoisotopic (exact) mass is 994 g/mol. The predicted octanol–water partition coefficient (Wildman–Crippen LogP) is 7.59. The van der Waals surface area contributed by atoms with Crippen molar-refractivity contribution in [3.63, 3.8) is 0 Å². The first-order chi connectivity index (χ1) is 31.6. The van der Waals surface area contributed by atoms with Crippen molar-refractivity contribution in [2.75, 3.05) is 50.9 Å². The van der Waals surface area contributed by atoms with E-state index in [1.807, 2.05) is 36.4 Å². The van der Waals surface area contributed by atoms with E-state index in [1.54, 1.807) is 36.7 Å². The number of carbonyl (C=O) groups excluding carboxylic acids is 2. The molecule has 2 unspecified atom stereocenters. The summed E-state index contributed by atoms with van der Waals surface area (Å²) >= 11 is 24.0. The van der Waals surface area contributed by atoms with Crippen molar-refractivity contribution in [1.29, 1.82) is 0 Å². The standard InChI is InChI=1S/2C21H27Cl2N3O3.C4H4O4/c2*22-17-12-15(13-18(23)21(17)24)19(27)14-25-9-4-1-2-7-20(28)29-11-8-16-6-3-5-10-26-16;5-3(6)1-2-4(7)8/h2*3,5-6,10,12-13,19,25,27H,1-2,4,7-9,11,14,24H2;1-2H,(H,5,6)(H,7,8)/b;;2-1+. The number of nitrogens with zero attached hydrogens (tertiary/aromatic N) is 2. The predicted molar refractivity (Wildman–Crippen MR) is 257 cm³/mol. The highest BCUT2D eigenvalue weighted by atomic mass is 35.5. The molecule has 0 aliphatic rings. The summed E-state index contributed by atoms with van der Waals surface area (Å²) in [6.45, 7) is 2.95. The Balaban J connectivity index is 0.000000389. The molecular weight excluding hydrogens is 938 g/mol. The second-order valence-corrected chi connectivity index (χ2v) is 16.1. The third-order valence-corrected chi connectivity index (χ3v) is 10.4. The number of aliphatic carboxylic acids is 2. The average molecular weight is 997 g/mol. The summed E-state index contributed by atoms with van der Waals surface area (Å²) in [7, 11) is 0. The van der Waals surface area contributed by atoms with Crippen molar-refractivity contribution in [2.45, 2.75) is 76.4 Å². The highest BCUT2D eigenvalue weighted by Gasteiger charge is 2.14. The lowest BCUT2D eigenvalue weighted by Crippen LogP contribution is -2.22. The van der Waals surface area contributed by atoms with Crippen molar-refractivity contribution >= 4 is 81.7 Å². The summed E-state index contributed by atoms with van der Waals surface area (Å²) < 4.78 is 10.4. The maximum absolute atomic E-state index is 11.7. The third kappa shape index (κ3) is 25.6. The van der Waals surface area contributed by atoms with Crippen molar-refractivity contribution in [3.05, 3.63) is 128 Å². The molecule has 2 atom stereocenters. The Morgan fingerprint density at radius 2 is 0.955 bits per heavy atom. The quantitative estimate of drug-likeness (QED) is 0.0130. The van der Waals surface area contributed by atoms with Gasteiger partial charge >= 0.3 is 23.9 Å². The number of aliphatic hydroxyl groups excluding tert-OH is 2. The molecule has 4 rings (SSSR count). The van der Waals surface area contributed by atoms with Crippen molar-refractivity contribution in [3.8, 4) is 0 Å². The molecule has 4 aromatic rings. The summed E-state index contributed by atoms with van der Waals surface area (Å²) in [6, 6.07) is 17.8. The average Bonchev–Trinajstić information content (AvgIpc) is 3.29. The van der Waals surface area contributed by atoms with Gasteiger partial charge in [-0.2, -0.15) is 0 Å². The Morgan fingerprint density at radius 1 is 0.591 bits per heavy atom. The van der Waals surface area contributed by atoms with Gasteiger partial charge in [0.15, 0.2) is 0 Å². The summed E-state index contributed by atoms with van der Waals surface area (Å²) in [5, 5.41) is 43.8. The number of ether oxygens (including phenoxy) is 2. The number of anilines is 2. The Kier molecular flexibility index (Phi) is 28.9. The third-order valence-electron chi connectivity index (χ3n) is 9.18. The van der Waals surface area contributed by atoms with Gasteiger partial charge in [0.1, 0.15) is 0 Å². The van der Waals surface area contributed by atoms with Crippen LogP contribution >= 0.6 is 46.4 Å². The smallest absolute Gasteiger partial charge is 0.328 e. The molecular formula is C46H58Cl4N6O10. The van der Waals surface area contributed by atoms with E-state index in [0.717, 1.165) is 63.0 Å². The van der Waals surface area contributed by atoms with Gasteiger partial charge in [-0.05, 0) is 98.4 Å². The highest BCUT2D eigenvalue weighted by molar-refractivity contribution is 6.39. The molecule has 0 aliphatic carbocycles. The molecule has 2 aromatic carbocycles. The van der Waals surface area contributed by atoms with Crippen LogP contribution in [-0.4, -0.2) is 93.7 Å². The van der Waals surface area contributed by atoms with Crippen LogP contribution < -0.4 is 22.1 Å². The first-order valence-electron chi connectivity index (χ1n) is 21.1. The van der Waals surface area contributed by atoms with E-state index in [-0.39, 0.29) is 11.9 Å². The van der Waals surface area contributed by atoms with Gasteiger partial charge in [0.2, 0.25) is 0 Å². The molecule has 2 aromatic heterocycles. The van der Waals surface area contributed by atoms with E-state index in [0.29, 0.717) is 107 Å². The topological polar surface area (TPSA) is 270 Å². The summed E-state index contributed by atoms with van der Waals surface area (Å²) in [4.78, 5) is 50.9. The Morgan fingerprint density at radius 3 is 1.27 bits per heavy atom. The molecule has 10 N–H and O–H groups in total. The number of rotatable bonds is 26.